The van der Waals surface area contributed by atoms with Crippen molar-refractivity contribution in [2.24, 2.45) is 0 Å². The van der Waals surface area contributed by atoms with Crippen molar-refractivity contribution >= 4 is 23.1 Å². The van der Waals surface area contributed by atoms with E-state index in [9.17, 15) is 4.79 Å². The third-order valence-electron chi connectivity index (χ3n) is 3.07. The Morgan fingerprint density at radius 2 is 2.00 bits per heavy atom. The van der Waals surface area contributed by atoms with Crippen LogP contribution in [0, 0.1) is 6.92 Å². The molecule has 5 heteroatoms. The highest BCUT2D eigenvalue weighted by atomic mass is 32.1. The number of benzene rings is 1. The molecule has 2 aromatic rings. The molecule has 4 nitrogen and oxygen atoms in total. The summed E-state index contributed by atoms with van der Waals surface area (Å²) in [4.78, 5) is 13.8. The summed E-state index contributed by atoms with van der Waals surface area (Å²) in [5, 5.41) is 2.66. The van der Waals surface area contributed by atoms with Crippen molar-refractivity contribution in [3.8, 4) is 5.75 Å². The van der Waals surface area contributed by atoms with Gasteiger partial charge >= 0.3 is 6.09 Å². The SMILES string of the molecule is CCc1ccc(COc2ccc(NC(=O)OC)c(C)c2)s1. The fraction of sp³-hybridized carbons (Fsp3) is 0.312. The minimum Gasteiger partial charge on any atom is -0.488 e. The predicted octanol–water partition coefficient (Wildman–Crippen LogP) is 4.38. The molecule has 1 N–H and O–H groups in total. The molecule has 2 rings (SSSR count). The Bertz CT molecular complexity index is 622. The number of aryl methyl sites for hydroxylation is 2. The molecule has 0 spiro atoms. The van der Waals surface area contributed by atoms with Crippen LogP contribution in [0.5, 0.6) is 5.75 Å². The van der Waals surface area contributed by atoms with Gasteiger partial charge in [-0.1, -0.05) is 6.92 Å². The van der Waals surface area contributed by atoms with E-state index in [1.165, 1.54) is 16.9 Å². The standard InChI is InChI=1S/C16H19NO3S/c1-4-13-6-7-14(21-13)10-20-12-5-8-15(11(2)9-12)17-16(18)19-3/h5-9H,4,10H2,1-3H3,(H,17,18). The van der Waals surface area contributed by atoms with Gasteiger partial charge in [0.25, 0.3) is 0 Å². The van der Waals surface area contributed by atoms with Crippen LogP contribution in [0.1, 0.15) is 22.2 Å². The van der Waals surface area contributed by atoms with Gasteiger partial charge < -0.3 is 9.47 Å². The average molecular weight is 305 g/mol. The second-order valence-corrected chi connectivity index (χ2v) is 5.86. The van der Waals surface area contributed by atoms with Gasteiger partial charge in [-0.15, -0.1) is 11.3 Å². The maximum atomic E-state index is 11.2. The van der Waals surface area contributed by atoms with Gasteiger partial charge in [0.1, 0.15) is 12.4 Å². The second-order valence-electron chi connectivity index (χ2n) is 4.60. The lowest BCUT2D eigenvalue weighted by Crippen LogP contribution is -2.11. The van der Waals surface area contributed by atoms with E-state index in [0.717, 1.165) is 23.4 Å². The van der Waals surface area contributed by atoms with Crippen LogP contribution in [-0.2, 0) is 17.8 Å². The lowest BCUT2D eigenvalue weighted by Gasteiger charge is -2.10. The lowest BCUT2D eigenvalue weighted by molar-refractivity contribution is 0.187. The van der Waals surface area contributed by atoms with Crippen molar-refractivity contribution in [2.75, 3.05) is 12.4 Å². The summed E-state index contributed by atoms with van der Waals surface area (Å²) < 4.78 is 10.4. The van der Waals surface area contributed by atoms with Crippen LogP contribution in [0.4, 0.5) is 10.5 Å². The Morgan fingerprint density at radius 1 is 1.24 bits per heavy atom. The summed E-state index contributed by atoms with van der Waals surface area (Å²) >= 11 is 1.77. The lowest BCUT2D eigenvalue weighted by atomic mass is 10.2. The molecule has 0 saturated carbocycles. The highest BCUT2D eigenvalue weighted by Crippen LogP contribution is 2.24. The van der Waals surface area contributed by atoms with Crippen molar-refractivity contribution in [3.05, 3.63) is 45.6 Å². The van der Waals surface area contributed by atoms with Gasteiger partial charge in [-0.3, -0.25) is 5.32 Å². The van der Waals surface area contributed by atoms with Crippen LogP contribution in [0.15, 0.2) is 30.3 Å². The van der Waals surface area contributed by atoms with Crippen molar-refractivity contribution in [3.63, 3.8) is 0 Å². The molecule has 0 bridgehead atoms. The Balaban J connectivity index is 1.98. The molecule has 1 aromatic carbocycles. The van der Waals surface area contributed by atoms with Gasteiger partial charge in [-0.25, -0.2) is 4.79 Å². The van der Waals surface area contributed by atoms with Crippen LogP contribution in [0.2, 0.25) is 0 Å². The summed E-state index contributed by atoms with van der Waals surface area (Å²) in [5.41, 5.74) is 1.65. The monoisotopic (exact) mass is 305 g/mol. The molecule has 0 saturated heterocycles. The quantitative estimate of drug-likeness (QED) is 0.892. The molecule has 0 radical (unpaired) electrons. The number of ether oxygens (including phenoxy) is 2. The molecule has 1 aromatic heterocycles. The highest BCUT2D eigenvalue weighted by molar-refractivity contribution is 7.11. The molecular formula is C16H19NO3S. The maximum Gasteiger partial charge on any atom is 0.411 e. The number of anilines is 1. The maximum absolute atomic E-state index is 11.2. The van der Waals surface area contributed by atoms with Gasteiger partial charge in [0.15, 0.2) is 0 Å². The number of rotatable bonds is 5. The number of hydrogen-bond acceptors (Lipinski definition) is 4. The van der Waals surface area contributed by atoms with E-state index in [1.807, 2.05) is 25.1 Å². The van der Waals surface area contributed by atoms with Gasteiger partial charge in [0.05, 0.1) is 7.11 Å². The predicted molar refractivity (Wildman–Crippen MR) is 85.2 cm³/mol. The minimum atomic E-state index is -0.475. The van der Waals surface area contributed by atoms with E-state index in [4.69, 9.17) is 4.74 Å². The van der Waals surface area contributed by atoms with Crippen LogP contribution in [0.25, 0.3) is 0 Å². The first-order chi connectivity index (χ1) is 10.1. The first-order valence-corrected chi connectivity index (χ1v) is 7.60. The zero-order chi connectivity index (χ0) is 15.2. The minimum absolute atomic E-state index is 0.475. The number of hydrogen-bond donors (Lipinski definition) is 1. The van der Waals surface area contributed by atoms with Crippen molar-refractivity contribution in [1.29, 1.82) is 0 Å². The molecule has 21 heavy (non-hydrogen) atoms. The Hall–Kier alpha value is -2.01. The normalized spacial score (nSPS) is 10.2. The third-order valence-corrected chi connectivity index (χ3v) is 4.27. The van der Waals surface area contributed by atoms with Crippen LogP contribution in [-0.4, -0.2) is 13.2 Å². The molecule has 0 aliphatic carbocycles. The summed E-state index contributed by atoms with van der Waals surface area (Å²) in [5.74, 6) is 0.786. The van der Waals surface area contributed by atoms with Crippen LogP contribution >= 0.6 is 11.3 Å². The third kappa shape index (κ3) is 4.23. The molecule has 1 heterocycles. The van der Waals surface area contributed by atoms with E-state index < -0.39 is 6.09 Å². The highest BCUT2D eigenvalue weighted by Gasteiger charge is 2.06. The van der Waals surface area contributed by atoms with Gasteiger partial charge in [-0.2, -0.15) is 0 Å². The summed E-state index contributed by atoms with van der Waals surface area (Å²) in [6, 6.07) is 9.79. The van der Waals surface area contributed by atoms with Crippen molar-refractivity contribution in [2.45, 2.75) is 26.9 Å². The van der Waals surface area contributed by atoms with Gasteiger partial charge in [0, 0.05) is 15.4 Å². The first-order valence-electron chi connectivity index (χ1n) is 6.78. The smallest absolute Gasteiger partial charge is 0.411 e. The molecule has 112 valence electrons. The van der Waals surface area contributed by atoms with Gasteiger partial charge in [-0.05, 0) is 49.2 Å². The first kappa shape index (κ1) is 15.4. The molecule has 0 atom stereocenters. The van der Waals surface area contributed by atoms with Gasteiger partial charge in [0.2, 0.25) is 0 Å². The number of nitrogens with one attached hydrogen (secondary N) is 1. The number of amides is 1. The topological polar surface area (TPSA) is 47.6 Å². The summed E-state index contributed by atoms with van der Waals surface area (Å²) in [6.07, 6.45) is 0.579. The fourth-order valence-electron chi connectivity index (χ4n) is 1.87. The van der Waals surface area contributed by atoms with E-state index in [1.54, 1.807) is 11.3 Å². The zero-order valence-electron chi connectivity index (χ0n) is 12.4. The van der Waals surface area contributed by atoms with E-state index in [-0.39, 0.29) is 0 Å². The summed E-state index contributed by atoms with van der Waals surface area (Å²) in [7, 11) is 1.34. The van der Waals surface area contributed by atoms with Crippen LogP contribution in [0.3, 0.4) is 0 Å². The van der Waals surface area contributed by atoms with E-state index >= 15 is 0 Å². The van der Waals surface area contributed by atoms with Crippen molar-refractivity contribution < 1.29 is 14.3 Å². The molecule has 0 aliphatic heterocycles. The Labute approximate surface area is 128 Å². The molecular weight excluding hydrogens is 286 g/mol. The van der Waals surface area contributed by atoms with E-state index in [2.05, 4.69) is 29.1 Å². The van der Waals surface area contributed by atoms with E-state index in [0.29, 0.717) is 6.61 Å². The largest absolute Gasteiger partial charge is 0.488 e. The average Bonchev–Trinajstić information content (AvgIpc) is 2.95. The number of methoxy groups -OCH3 is 1. The van der Waals surface area contributed by atoms with Crippen LogP contribution < -0.4 is 10.1 Å². The fourth-order valence-corrected chi connectivity index (χ4v) is 2.74. The zero-order valence-corrected chi connectivity index (χ0v) is 13.3. The number of thiophene rings is 1. The summed E-state index contributed by atoms with van der Waals surface area (Å²) in [6.45, 7) is 4.62. The molecule has 1 amide bonds. The Morgan fingerprint density at radius 3 is 2.62 bits per heavy atom. The van der Waals surface area contributed by atoms with Crippen molar-refractivity contribution in [1.82, 2.24) is 0 Å². The molecule has 0 fully saturated rings. The number of carbonyl (C=O) groups excluding carboxylic acids is 1. The number of carbonyl (C=O) groups is 1. The molecule has 0 unspecified atom stereocenters. The second kappa shape index (κ2) is 7.13. The Kier molecular flexibility index (Phi) is 5.22. The molecule has 0 aliphatic rings.